The maximum Gasteiger partial charge on any atom is 0.417 e. The molecule has 0 saturated carbocycles. The van der Waals surface area contributed by atoms with Crippen molar-refractivity contribution in [1.82, 2.24) is 14.8 Å². The quantitative estimate of drug-likeness (QED) is 0.685. The molecule has 2 aromatic heterocycles. The van der Waals surface area contributed by atoms with Gasteiger partial charge in [-0.15, -0.1) is 0 Å². The van der Waals surface area contributed by atoms with Gasteiger partial charge in [-0.1, -0.05) is 18.2 Å². The fraction of sp³-hybridized carbons (Fsp3) is 0.188. The van der Waals surface area contributed by atoms with Crippen LogP contribution in [0.5, 0.6) is 0 Å². The summed E-state index contributed by atoms with van der Waals surface area (Å²) >= 11 is 0. The van der Waals surface area contributed by atoms with Crippen LogP contribution in [-0.2, 0) is 11.0 Å². The van der Waals surface area contributed by atoms with Crippen LogP contribution < -0.4 is 5.32 Å². The van der Waals surface area contributed by atoms with Crippen LogP contribution in [0.2, 0.25) is 0 Å². The van der Waals surface area contributed by atoms with Crippen molar-refractivity contribution in [3.05, 3.63) is 60.0 Å². The number of amides is 1. The summed E-state index contributed by atoms with van der Waals surface area (Å²) in [5.74, 6) is 0.0971. The Morgan fingerprint density at radius 3 is 2.62 bits per heavy atom. The number of allylic oxidation sites excluding steroid dienone is 3. The van der Waals surface area contributed by atoms with E-state index in [0.29, 0.717) is 11.5 Å². The molecule has 24 heavy (non-hydrogen) atoms. The molecule has 5 nitrogen and oxygen atoms in total. The second-order valence-corrected chi connectivity index (χ2v) is 4.86. The first-order chi connectivity index (χ1) is 11.3. The molecule has 0 aliphatic heterocycles. The van der Waals surface area contributed by atoms with Crippen molar-refractivity contribution in [2.24, 2.45) is 0 Å². The summed E-state index contributed by atoms with van der Waals surface area (Å²) in [4.78, 5) is 15.6. The Bertz CT molecular complexity index is 774. The molecule has 1 amide bonds. The number of nitrogens with zero attached hydrogens (tertiary/aromatic N) is 3. The van der Waals surface area contributed by atoms with E-state index >= 15 is 0 Å². The number of carbonyl (C=O) groups excluding carboxylic acids is 1. The average molecular weight is 336 g/mol. The summed E-state index contributed by atoms with van der Waals surface area (Å²) in [6.07, 6.45) is 2.63. The lowest BCUT2D eigenvalue weighted by molar-refractivity contribution is -0.137. The van der Waals surface area contributed by atoms with E-state index in [4.69, 9.17) is 0 Å². The molecule has 1 N–H and O–H groups in total. The van der Waals surface area contributed by atoms with Gasteiger partial charge in [-0.3, -0.25) is 4.79 Å². The second kappa shape index (κ2) is 7.12. The molecule has 2 rings (SSSR count). The van der Waals surface area contributed by atoms with Gasteiger partial charge in [0.2, 0.25) is 5.91 Å². The van der Waals surface area contributed by atoms with Gasteiger partial charge in [0.05, 0.1) is 11.3 Å². The maximum atomic E-state index is 12.6. The van der Waals surface area contributed by atoms with Crippen molar-refractivity contribution in [2.75, 3.05) is 5.32 Å². The summed E-state index contributed by atoms with van der Waals surface area (Å²) in [7, 11) is 0. The predicted octanol–water partition coefficient (Wildman–Crippen LogP) is 3.67. The van der Waals surface area contributed by atoms with Crippen LogP contribution >= 0.6 is 0 Å². The molecular weight excluding hydrogens is 321 g/mol. The predicted molar refractivity (Wildman–Crippen MR) is 83.7 cm³/mol. The number of rotatable bonds is 4. The first-order valence-corrected chi connectivity index (χ1v) is 7.02. The molecule has 0 aromatic carbocycles. The molecule has 2 aromatic rings. The zero-order chi connectivity index (χ0) is 17.7. The van der Waals surface area contributed by atoms with Crippen molar-refractivity contribution < 1.29 is 18.0 Å². The van der Waals surface area contributed by atoms with E-state index in [1.165, 1.54) is 16.8 Å². The third kappa shape index (κ3) is 4.31. The van der Waals surface area contributed by atoms with E-state index in [1.807, 2.05) is 6.92 Å². The molecule has 0 aliphatic rings. The Morgan fingerprint density at radius 2 is 2.04 bits per heavy atom. The highest BCUT2D eigenvalue weighted by Gasteiger charge is 2.30. The molecule has 0 radical (unpaired) electrons. The van der Waals surface area contributed by atoms with Gasteiger partial charge in [-0.2, -0.15) is 23.0 Å². The molecule has 0 fully saturated rings. The standard InChI is InChI=1S/C16H15F3N4O/c1-3-4-5-6-15(24)21-14-9-11(2)22-23(14)13-8-7-12(10-20-13)16(17,18)19/h3-10H,1-2H3,(H,21,24). The van der Waals surface area contributed by atoms with Gasteiger partial charge in [0.25, 0.3) is 0 Å². The topological polar surface area (TPSA) is 59.8 Å². The number of anilines is 1. The molecule has 2 heterocycles. The first-order valence-electron chi connectivity index (χ1n) is 7.02. The monoisotopic (exact) mass is 336 g/mol. The molecule has 0 aliphatic carbocycles. The summed E-state index contributed by atoms with van der Waals surface area (Å²) in [6.45, 7) is 3.52. The number of carbonyl (C=O) groups is 1. The zero-order valence-electron chi connectivity index (χ0n) is 13.0. The maximum absolute atomic E-state index is 12.6. The van der Waals surface area contributed by atoms with Crippen molar-refractivity contribution in [1.29, 1.82) is 0 Å². The Kier molecular flexibility index (Phi) is 5.18. The number of pyridine rings is 1. The Balaban J connectivity index is 2.27. The Labute approximate surface area is 136 Å². The van der Waals surface area contributed by atoms with Crippen LogP contribution in [0.25, 0.3) is 5.82 Å². The number of hydrogen-bond donors (Lipinski definition) is 1. The van der Waals surface area contributed by atoms with Crippen LogP contribution in [-0.4, -0.2) is 20.7 Å². The van der Waals surface area contributed by atoms with Gasteiger partial charge in [-0.25, -0.2) is 4.98 Å². The minimum atomic E-state index is -4.46. The third-order valence-corrected chi connectivity index (χ3v) is 2.93. The van der Waals surface area contributed by atoms with Crippen LogP contribution in [0.3, 0.4) is 0 Å². The summed E-state index contributed by atoms with van der Waals surface area (Å²) < 4.78 is 39.1. The first kappa shape index (κ1) is 17.5. The van der Waals surface area contributed by atoms with E-state index in [2.05, 4.69) is 15.4 Å². The lowest BCUT2D eigenvalue weighted by Gasteiger charge is -2.09. The van der Waals surface area contributed by atoms with E-state index in [-0.39, 0.29) is 11.7 Å². The number of halogens is 3. The van der Waals surface area contributed by atoms with Gasteiger partial charge in [0, 0.05) is 18.3 Å². The second-order valence-electron chi connectivity index (χ2n) is 4.86. The smallest absolute Gasteiger partial charge is 0.307 e. The molecular formula is C16H15F3N4O. The minimum absolute atomic E-state index is 0.170. The van der Waals surface area contributed by atoms with E-state index in [9.17, 15) is 18.0 Å². The molecule has 126 valence electrons. The molecule has 0 spiro atoms. The number of aryl methyl sites for hydroxylation is 1. The summed E-state index contributed by atoms with van der Waals surface area (Å²) in [5, 5.41) is 6.75. The molecule has 0 bridgehead atoms. The number of alkyl halides is 3. The van der Waals surface area contributed by atoms with Gasteiger partial charge >= 0.3 is 6.18 Å². The van der Waals surface area contributed by atoms with Gasteiger partial charge < -0.3 is 5.32 Å². The molecule has 0 saturated heterocycles. The third-order valence-electron chi connectivity index (χ3n) is 2.93. The molecule has 0 unspecified atom stereocenters. The highest BCUT2D eigenvalue weighted by Crippen LogP contribution is 2.29. The van der Waals surface area contributed by atoms with Crippen LogP contribution in [0.1, 0.15) is 18.2 Å². The SMILES string of the molecule is CC=CC=CC(=O)Nc1cc(C)nn1-c1ccc(C(F)(F)F)cn1. The zero-order valence-corrected chi connectivity index (χ0v) is 13.0. The van der Waals surface area contributed by atoms with Gasteiger partial charge in [0.1, 0.15) is 5.82 Å². The normalized spacial score (nSPS) is 12.2. The van der Waals surface area contributed by atoms with Crippen LogP contribution in [0.4, 0.5) is 19.0 Å². The van der Waals surface area contributed by atoms with Gasteiger partial charge in [-0.05, 0) is 26.0 Å². The fourth-order valence-corrected chi connectivity index (χ4v) is 1.86. The minimum Gasteiger partial charge on any atom is -0.307 e. The van der Waals surface area contributed by atoms with E-state index < -0.39 is 11.7 Å². The number of aromatic nitrogens is 3. The number of hydrogen-bond acceptors (Lipinski definition) is 3. The molecule has 0 atom stereocenters. The van der Waals surface area contributed by atoms with E-state index in [0.717, 1.165) is 12.3 Å². The van der Waals surface area contributed by atoms with E-state index in [1.54, 1.807) is 31.2 Å². The van der Waals surface area contributed by atoms with Crippen LogP contribution in [0, 0.1) is 6.92 Å². The lowest BCUT2D eigenvalue weighted by atomic mass is 10.3. The molecule has 8 heteroatoms. The largest absolute Gasteiger partial charge is 0.417 e. The van der Waals surface area contributed by atoms with Crippen LogP contribution in [0.15, 0.2) is 48.7 Å². The summed E-state index contributed by atoms with van der Waals surface area (Å²) in [5.41, 5.74) is -0.264. The Morgan fingerprint density at radius 1 is 1.29 bits per heavy atom. The fourth-order valence-electron chi connectivity index (χ4n) is 1.86. The lowest BCUT2D eigenvalue weighted by Crippen LogP contribution is -2.13. The Hall–Kier alpha value is -2.90. The highest BCUT2D eigenvalue weighted by atomic mass is 19.4. The van der Waals surface area contributed by atoms with Gasteiger partial charge in [0.15, 0.2) is 5.82 Å². The summed E-state index contributed by atoms with van der Waals surface area (Å²) in [6, 6.07) is 3.71. The van der Waals surface area contributed by atoms with Crippen molar-refractivity contribution in [2.45, 2.75) is 20.0 Å². The van der Waals surface area contributed by atoms with Crippen molar-refractivity contribution in [3.63, 3.8) is 0 Å². The average Bonchev–Trinajstić information content (AvgIpc) is 2.87. The van der Waals surface area contributed by atoms with Crippen molar-refractivity contribution in [3.8, 4) is 5.82 Å². The van der Waals surface area contributed by atoms with Crippen molar-refractivity contribution >= 4 is 11.7 Å². The number of nitrogens with one attached hydrogen (secondary N) is 1. The highest BCUT2D eigenvalue weighted by molar-refractivity contribution is 5.99.